The molecule has 3 aromatic rings. The van der Waals surface area contributed by atoms with Crippen LogP contribution in [0.2, 0.25) is 0 Å². The number of anilines is 1. The second kappa shape index (κ2) is 11.1. The third-order valence-corrected chi connectivity index (χ3v) is 6.73. The molecule has 0 saturated heterocycles. The average molecular weight is 477 g/mol. The van der Waals surface area contributed by atoms with Crippen LogP contribution in [0.3, 0.4) is 0 Å². The summed E-state index contributed by atoms with van der Waals surface area (Å²) < 4.78 is 14.0. The first-order chi connectivity index (χ1) is 16.9. The van der Waals surface area contributed by atoms with Gasteiger partial charge in [0.15, 0.2) is 0 Å². The zero-order valence-corrected chi connectivity index (χ0v) is 19.4. The van der Waals surface area contributed by atoms with E-state index in [0.717, 1.165) is 25.7 Å². The molecular formula is C28H29FN2O4. The van der Waals surface area contributed by atoms with Gasteiger partial charge in [-0.25, -0.2) is 4.39 Å². The third-order valence-electron chi connectivity index (χ3n) is 6.73. The predicted molar refractivity (Wildman–Crippen MR) is 133 cm³/mol. The molecule has 6 nitrogen and oxygen atoms in total. The lowest BCUT2D eigenvalue weighted by atomic mass is 9.77. The minimum absolute atomic E-state index is 0.111. The first-order valence-corrected chi connectivity index (χ1v) is 12.0. The largest absolute Gasteiger partial charge is 0.481 e. The van der Waals surface area contributed by atoms with Crippen molar-refractivity contribution in [2.75, 3.05) is 11.9 Å². The molecule has 1 fully saturated rings. The molecule has 0 radical (unpaired) electrons. The number of fused-ring (bicyclic) bond motifs is 1. The monoisotopic (exact) mass is 476 g/mol. The molecule has 0 heterocycles. The van der Waals surface area contributed by atoms with Crippen molar-refractivity contribution in [2.24, 2.45) is 5.92 Å². The molecule has 3 aromatic carbocycles. The molecular weight excluding hydrogens is 447 g/mol. The summed E-state index contributed by atoms with van der Waals surface area (Å²) in [5.74, 6) is -0.981. The summed E-state index contributed by atoms with van der Waals surface area (Å²) in [6.45, 7) is 0.161. The summed E-state index contributed by atoms with van der Waals surface area (Å²) in [5, 5.41) is 15.5. The molecule has 0 unspecified atom stereocenters. The van der Waals surface area contributed by atoms with Gasteiger partial charge < -0.3 is 15.7 Å². The fourth-order valence-electron chi connectivity index (χ4n) is 4.85. The number of rotatable bonds is 8. The van der Waals surface area contributed by atoms with Crippen molar-refractivity contribution in [1.29, 1.82) is 0 Å². The van der Waals surface area contributed by atoms with E-state index in [1.807, 2.05) is 24.3 Å². The number of hydrogen-bond donors (Lipinski definition) is 3. The molecule has 0 aliphatic heterocycles. The molecule has 0 atom stereocenters. The zero-order chi connectivity index (χ0) is 24.8. The molecule has 7 heteroatoms. The van der Waals surface area contributed by atoms with E-state index in [-0.39, 0.29) is 42.9 Å². The number of benzene rings is 3. The van der Waals surface area contributed by atoms with Crippen LogP contribution in [0, 0.1) is 11.7 Å². The molecule has 0 aromatic heterocycles. The minimum atomic E-state index is -0.725. The molecule has 1 aliphatic rings. The van der Waals surface area contributed by atoms with Crippen LogP contribution in [0.15, 0.2) is 60.7 Å². The van der Waals surface area contributed by atoms with Gasteiger partial charge in [-0.1, -0.05) is 36.4 Å². The van der Waals surface area contributed by atoms with E-state index in [1.165, 1.54) is 17.7 Å². The second-order valence-electron chi connectivity index (χ2n) is 9.13. The molecule has 0 bridgehead atoms. The Hall–Kier alpha value is -3.74. The summed E-state index contributed by atoms with van der Waals surface area (Å²) >= 11 is 0. The Morgan fingerprint density at radius 1 is 0.886 bits per heavy atom. The first kappa shape index (κ1) is 24.4. The standard InChI is InChI=1S/C28H29FN2O4/c29-25-14-13-24(22-3-1-2-4-23(22)25)28(35)30-16-15-26(32)31-21-11-9-20(10-12-21)19-7-5-18(6-8-19)17-27(33)34/h1-4,9-14,18-19H,5-8,15-17H2,(H,30,35)(H,31,32)(H,33,34). The van der Waals surface area contributed by atoms with Crippen molar-refractivity contribution < 1.29 is 23.9 Å². The number of halogens is 1. The average Bonchev–Trinajstić information content (AvgIpc) is 2.85. The fourth-order valence-corrected chi connectivity index (χ4v) is 4.85. The molecule has 1 aliphatic carbocycles. The summed E-state index contributed by atoms with van der Waals surface area (Å²) in [4.78, 5) is 35.8. The highest BCUT2D eigenvalue weighted by molar-refractivity contribution is 6.07. The number of carbonyl (C=O) groups is 3. The maximum atomic E-state index is 14.0. The molecule has 182 valence electrons. The van der Waals surface area contributed by atoms with E-state index in [0.29, 0.717) is 27.9 Å². The molecule has 2 amide bonds. The second-order valence-corrected chi connectivity index (χ2v) is 9.13. The lowest BCUT2D eigenvalue weighted by Crippen LogP contribution is -2.27. The van der Waals surface area contributed by atoms with Crippen LogP contribution in [0.5, 0.6) is 0 Å². The summed E-state index contributed by atoms with van der Waals surface area (Å²) in [6, 6.07) is 17.3. The number of amides is 2. The number of hydrogen-bond acceptors (Lipinski definition) is 3. The number of aliphatic carboxylic acids is 1. The normalized spacial score (nSPS) is 17.6. The van der Waals surface area contributed by atoms with Crippen molar-refractivity contribution in [2.45, 2.75) is 44.4 Å². The van der Waals surface area contributed by atoms with Gasteiger partial charge in [-0.15, -0.1) is 0 Å². The van der Waals surface area contributed by atoms with Gasteiger partial charge in [0.05, 0.1) is 0 Å². The van der Waals surface area contributed by atoms with Crippen LogP contribution in [0.25, 0.3) is 10.8 Å². The van der Waals surface area contributed by atoms with Gasteiger partial charge >= 0.3 is 5.97 Å². The van der Waals surface area contributed by atoms with E-state index in [9.17, 15) is 18.8 Å². The quantitative estimate of drug-likeness (QED) is 0.401. The molecule has 0 spiro atoms. The van der Waals surface area contributed by atoms with E-state index in [2.05, 4.69) is 10.6 Å². The first-order valence-electron chi connectivity index (χ1n) is 12.0. The summed E-state index contributed by atoms with van der Waals surface area (Å²) in [6.07, 6.45) is 4.17. The van der Waals surface area contributed by atoms with Crippen LogP contribution in [-0.4, -0.2) is 29.4 Å². The highest BCUT2D eigenvalue weighted by Gasteiger charge is 2.24. The Morgan fingerprint density at radius 2 is 1.57 bits per heavy atom. The van der Waals surface area contributed by atoms with Crippen LogP contribution < -0.4 is 10.6 Å². The van der Waals surface area contributed by atoms with Crippen molar-refractivity contribution in [3.8, 4) is 0 Å². The van der Waals surface area contributed by atoms with Crippen molar-refractivity contribution in [3.63, 3.8) is 0 Å². The van der Waals surface area contributed by atoms with Gasteiger partial charge in [-0.2, -0.15) is 0 Å². The molecule has 35 heavy (non-hydrogen) atoms. The SMILES string of the molecule is O=C(O)CC1CCC(c2ccc(NC(=O)CCNC(=O)c3ccc(F)c4ccccc34)cc2)CC1. The lowest BCUT2D eigenvalue weighted by Gasteiger charge is -2.28. The highest BCUT2D eigenvalue weighted by atomic mass is 19.1. The van der Waals surface area contributed by atoms with E-state index in [1.54, 1.807) is 24.3 Å². The number of nitrogens with one attached hydrogen (secondary N) is 2. The highest BCUT2D eigenvalue weighted by Crippen LogP contribution is 2.37. The predicted octanol–water partition coefficient (Wildman–Crippen LogP) is 5.49. The Kier molecular flexibility index (Phi) is 7.75. The van der Waals surface area contributed by atoms with Gasteiger partial charge in [0.1, 0.15) is 5.82 Å². The Labute approximate surface area is 203 Å². The third kappa shape index (κ3) is 6.23. The number of carboxylic acid groups (broad SMARTS) is 1. The molecule has 3 N–H and O–H groups in total. The van der Waals surface area contributed by atoms with Crippen LogP contribution >= 0.6 is 0 Å². The number of carbonyl (C=O) groups excluding carboxylic acids is 2. The van der Waals surface area contributed by atoms with Gasteiger partial charge in [0, 0.05) is 36.0 Å². The van der Waals surface area contributed by atoms with Crippen molar-refractivity contribution >= 4 is 34.2 Å². The fraction of sp³-hybridized carbons (Fsp3) is 0.321. The van der Waals surface area contributed by atoms with Crippen LogP contribution in [-0.2, 0) is 9.59 Å². The van der Waals surface area contributed by atoms with E-state index in [4.69, 9.17) is 5.11 Å². The Bertz CT molecular complexity index is 1220. The zero-order valence-electron chi connectivity index (χ0n) is 19.4. The summed E-state index contributed by atoms with van der Waals surface area (Å²) in [5.41, 5.74) is 2.26. The Balaban J connectivity index is 1.24. The van der Waals surface area contributed by atoms with E-state index >= 15 is 0 Å². The van der Waals surface area contributed by atoms with Crippen molar-refractivity contribution in [3.05, 3.63) is 77.6 Å². The van der Waals surface area contributed by atoms with Crippen LogP contribution in [0.1, 0.15) is 60.4 Å². The van der Waals surface area contributed by atoms with Gasteiger partial charge in [-0.05, 0) is 72.7 Å². The molecule has 1 saturated carbocycles. The maximum absolute atomic E-state index is 14.0. The summed E-state index contributed by atoms with van der Waals surface area (Å²) in [7, 11) is 0. The minimum Gasteiger partial charge on any atom is -0.481 e. The van der Waals surface area contributed by atoms with Gasteiger partial charge in [0.25, 0.3) is 5.91 Å². The maximum Gasteiger partial charge on any atom is 0.303 e. The molecule has 4 rings (SSSR count). The van der Waals surface area contributed by atoms with Gasteiger partial charge in [-0.3, -0.25) is 14.4 Å². The smallest absolute Gasteiger partial charge is 0.303 e. The van der Waals surface area contributed by atoms with Crippen molar-refractivity contribution in [1.82, 2.24) is 5.32 Å². The van der Waals surface area contributed by atoms with E-state index < -0.39 is 5.97 Å². The van der Waals surface area contributed by atoms with Gasteiger partial charge in [0.2, 0.25) is 5.91 Å². The Morgan fingerprint density at radius 3 is 2.26 bits per heavy atom. The topological polar surface area (TPSA) is 95.5 Å². The van der Waals surface area contributed by atoms with Crippen LogP contribution in [0.4, 0.5) is 10.1 Å². The number of carboxylic acids is 1. The lowest BCUT2D eigenvalue weighted by molar-refractivity contribution is -0.138.